The molecule has 190 valence electrons. The standard InChI is InChI=1S/C21H27N5O8S/c1-14-2-3-16(26(30)31)12-18(14)35(32,33)25-10-6-21(7-11-25)13-17(23-34-21)19(27)22-15-4-8-24(9-5-15)20(28)29/h2-3,12,15H,4-11,13H2,1H3,(H,22,27)(H,28,29). The van der Waals surface area contributed by atoms with Gasteiger partial charge >= 0.3 is 6.09 Å². The molecule has 4 rings (SSSR count). The number of likely N-dealkylation sites (tertiary alicyclic amines) is 1. The summed E-state index contributed by atoms with van der Waals surface area (Å²) in [6, 6.07) is 3.61. The molecule has 0 radical (unpaired) electrons. The molecular weight excluding hydrogens is 482 g/mol. The molecule has 2 N–H and O–H groups in total. The SMILES string of the molecule is Cc1ccc([N+](=O)[O-])cc1S(=O)(=O)N1CCC2(CC1)CC(C(=O)NC1CCN(C(=O)O)CC1)=NO2. The average Bonchev–Trinajstić information content (AvgIpc) is 3.23. The van der Waals surface area contributed by atoms with Crippen molar-refractivity contribution in [3.8, 4) is 0 Å². The van der Waals surface area contributed by atoms with E-state index in [2.05, 4.69) is 10.5 Å². The van der Waals surface area contributed by atoms with Gasteiger partial charge in [0, 0.05) is 63.6 Å². The predicted octanol–water partition coefficient (Wildman–Crippen LogP) is 1.46. The van der Waals surface area contributed by atoms with Crippen LogP contribution < -0.4 is 5.32 Å². The Morgan fingerprint density at radius 1 is 1.23 bits per heavy atom. The van der Waals surface area contributed by atoms with Crippen molar-refractivity contribution >= 4 is 33.4 Å². The molecule has 14 heteroatoms. The number of hydrogen-bond acceptors (Lipinski definition) is 8. The number of carboxylic acid groups (broad SMARTS) is 1. The summed E-state index contributed by atoms with van der Waals surface area (Å²) in [5.74, 6) is -0.363. The lowest BCUT2D eigenvalue weighted by Gasteiger charge is -2.36. The molecule has 1 aromatic carbocycles. The zero-order chi connectivity index (χ0) is 25.4. The number of piperidine rings is 2. The molecule has 1 aromatic rings. The zero-order valence-electron chi connectivity index (χ0n) is 19.2. The van der Waals surface area contributed by atoms with Crippen molar-refractivity contribution in [1.82, 2.24) is 14.5 Å². The van der Waals surface area contributed by atoms with Crippen LogP contribution in [-0.2, 0) is 19.7 Å². The van der Waals surface area contributed by atoms with Gasteiger partial charge in [-0.1, -0.05) is 11.2 Å². The van der Waals surface area contributed by atoms with E-state index in [9.17, 15) is 28.1 Å². The highest BCUT2D eigenvalue weighted by atomic mass is 32.2. The molecule has 35 heavy (non-hydrogen) atoms. The molecular formula is C21H27N5O8S. The molecule has 3 aliphatic rings. The second kappa shape index (κ2) is 9.41. The zero-order valence-corrected chi connectivity index (χ0v) is 20.0. The summed E-state index contributed by atoms with van der Waals surface area (Å²) in [7, 11) is -3.94. The van der Waals surface area contributed by atoms with Crippen molar-refractivity contribution in [2.45, 2.75) is 55.6 Å². The lowest BCUT2D eigenvalue weighted by Crippen LogP contribution is -2.49. The second-order valence-corrected chi connectivity index (χ2v) is 11.0. The van der Waals surface area contributed by atoms with Crippen LogP contribution >= 0.6 is 0 Å². The van der Waals surface area contributed by atoms with Crippen LogP contribution in [0.15, 0.2) is 28.3 Å². The average molecular weight is 510 g/mol. The number of nitro groups is 1. The van der Waals surface area contributed by atoms with Crippen molar-refractivity contribution in [3.05, 3.63) is 33.9 Å². The molecule has 2 fully saturated rings. The summed E-state index contributed by atoms with van der Waals surface area (Å²) in [5, 5.41) is 27.0. The van der Waals surface area contributed by atoms with Gasteiger partial charge in [-0.15, -0.1) is 0 Å². The fraction of sp³-hybridized carbons (Fsp3) is 0.571. The summed E-state index contributed by atoms with van der Waals surface area (Å²) in [5.41, 5.74) is -0.413. The van der Waals surface area contributed by atoms with Crippen molar-refractivity contribution in [2.75, 3.05) is 26.2 Å². The number of carbonyl (C=O) groups excluding carboxylic acids is 1. The van der Waals surface area contributed by atoms with Crippen LogP contribution in [-0.4, -0.2) is 83.2 Å². The van der Waals surface area contributed by atoms with Gasteiger partial charge in [-0.2, -0.15) is 4.31 Å². The summed E-state index contributed by atoms with van der Waals surface area (Å²) in [4.78, 5) is 41.0. The van der Waals surface area contributed by atoms with Crippen molar-refractivity contribution in [1.29, 1.82) is 0 Å². The van der Waals surface area contributed by atoms with E-state index in [4.69, 9.17) is 9.94 Å². The van der Waals surface area contributed by atoms with E-state index in [0.717, 1.165) is 6.07 Å². The van der Waals surface area contributed by atoms with E-state index in [1.807, 2.05) is 0 Å². The van der Waals surface area contributed by atoms with Gasteiger partial charge in [-0.3, -0.25) is 14.9 Å². The van der Waals surface area contributed by atoms with Gasteiger partial charge in [0.25, 0.3) is 11.6 Å². The van der Waals surface area contributed by atoms with Gasteiger partial charge in [-0.05, 0) is 25.3 Å². The Morgan fingerprint density at radius 2 is 1.89 bits per heavy atom. The number of carbonyl (C=O) groups is 2. The minimum absolute atomic E-state index is 0.0970. The first kappa shape index (κ1) is 24.9. The Kier molecular flexibility index (Phi) is 6.68. The first-order valence-electron chi connectivity index (χ1n) is 11.3. The molecule has 0 unspecified atom stereocenters. The molecule has 0 bridgehead atoms. The second-order valence-electron chi connectivity index (χ2n) is 9.12. The van der Waals surface area contributed by atoms with Crippen LogP contribution in [0.4, 0.5) is 10.5 Å². The van der Waals surface area contributed by atoms with Crippen LogP contribution in [0, 0.1) is 17.0 Å². The minimum Gasteiger partial charge on any atom is -0.465 e. The minimum atomic E-state index is -3.94. The van der Waals surface area contributed by atoms with Gasteiger partial charge in [0.05, 0.1) is 9.82 Å². The lowest BCUT2D eigenvalue weighted by molar-refractivity contribution is -0.385. The number of sulfonamides is 1. The summed E-state index contributed by atoms with van der Waals surface area (Å²) in [6.07, 6.45) is 0.938. The van der Waals surface area contributed by atoms with Gasteiger partial charge in [-0.25, -0.2) is 13.2 Å². The summed E-state index contributed by atoms with van der Waals surface area (Å²) < 4.78 is 27.6. The fourth-order valence-electron chi connectivity index (χ4n) is 4.65. The first-order chi connectivity index (χ1) is 16.5. The Hall–Kier alpha value is -3.26. The van der Waals surface area contributed by atoms with E-state index in [0.29, 0.717) is 44.3 Å². The van der Waals surface area contributed by atoms with E-state index < -0.39 is 26.6 Å². The molecule has 3 heterocycles. The number of amides is 2. The maximum Gasteiger partial charge on any atom is 0.407 e. The van der Waals surface area contributed by atoms with E-state index in [-0.39, 0.29) is 47.8 Å². The molecule has 0 atom stereocenters. The molecule has 2 saturated heterocycles. The van der Waals surface area contributed by atoms with Crippen LogP contribution in [0.5, 0.6) is 0 Å². The van der Waals surface area contributed by atoms with Gasteiger partial charge in [0.1, 0.15) is 11.3 Å². The first-order valence-corrected chi connectivity index (χ1v) is 12.7. The highest BCUT2D eigenvalue weighted by molar-refractivity contribution is 7.89. The number of benzene rings is 1. The maximum absolute atomic E-state index is 13.2. The summed E-state index contributed by atoms with van der Waals surface area (Å²) >= 11 is 0. The monoisotopic (exact) mass is 509 g/mol. The van der Waals surface area contributed by atoms with Crippen LogP contribution in [0.1, 0.15) is 37.7 Å². The summed E-state index contributed by atoms with van der Waals surface area (Å²) in [6.45, 7) is 2.54. The topological polar surface area (TPSA) is 172 Å². The molecule has 0 aromatic heterocycles. The quantitative estimate of drug-likeness (QED) is 0.443. The number of aryl methyl sites for hydroxylation is 1. The number of nitrogens with zero attached hydrogens (tertiary/aromatic N) is 4. The van der Waals surface area contributed by atoms with E-state index in [1.165, 1.54) is 21.3 Å². The third-order valence-electron chi connectivity index (χ3n) is 6.84. The molecule has 2 amide bonds. The molecule has 13 nitrogen and oxygen atoms in total. The van der Waals surface area contributed by atoms with Crippen LogP contribution in [0.3, 0.4) is 0 Å². The van der Waals surface area contributed by atoms with Crippen LogP contribution in [0.25, 0.3) is 0 Å². The fourth-order valence-corrected chi connectivity index (χ4v) is 6.33. The molecule has 0 saturated carbocycles. The Bertz CT molecular complexity index is 1170. The molecule has 0 aliphatic carbocycles. The maximum atomic E-state index is 13.2. The van der Waals surface area contributed by atoms with Gasteiger partial charge < -0.3 is 20.2 Å². The Labute approximate surface area is 201 Å². The highest BCUT2D eigenvalue weighted by Gasteiger charge is 2.46. The van der Waals surface area contributed by atoms with Gasteiger partial charge in [0.15, 0.2) is 0 Å². The van der Waals surface area contributed by atoms with E-state index in [1.54, 1.807) is 6.92 Å². The van der Waals surface area contributed by atoms with E-state index >= 15 is 0 Å². The number of rotatable bonds is 5. The Balaban J connectivity index is 1.34. The number of hydrogen-bond donors (Lipinski definition) is 2. The number of oxime groups is 1. The normalized spacial score (nSPS) is 20.8. The largest absolute Gasteiger partial charge is 0.465 e. The predicted molar refractivity (Wildman–Crippen MR) is 122 cm³/mol. The highest BCUT2D eigenvalue weighted by Crippen LogP contribution is 2.37. The third kappa shape index (κ3) is 5.07. The molecule has 3 aliphatic heterocycles. The van der Waals surface area contributed by atoms with Gasteiger partial charge in [0.2, 0.25) is 10.0 Å². The lowest BCUT2D eigenvalue weighted by atomic mass is 9.87. The third-order valence-corrected chi connectivity index (χ3v) is 8.88. The number of nitro benzene ring substituents is 1. The Morgan fingerprint density at radius 3 is 2.49 bits per heavy atom. The smallest absolute Gasteiger partial charge is 0.407 e. The number of nitrogens with one attached hydrogen (secondary N) is 1. The number of non-ortho nitro benzene ring substituents is 1. The van der Waals surface area contributed by atoms with Crippen molar-refractivity contribution in [2.24, 2.45) is 5.16 Å². The molecule has 1 spiro atoms. The van der Waals surface area contributed by atoms with Crippen molar-refractivity contribution < 1.29 is 32.9 Å². The van der Waals surface area contributed by atoms with Crippen molar-refractivity contribution in [3.63, 3.8) is 0 Å². The van der Waals surface area contributed by atoms with Crippen LogP contribution in [0.2, 0.25) is 0 Å².